The number of nitrogen functional groups attached to an aromatic ring is 1. The SMILES string of the molecule is CCCCC(CC)Cn1c(N)nc2c(C)cccc21. The highest BCUT2D eigenvalue weighted by Gasteiger charge is 2.13. The van der Waals surface area contributed by atoms with Crippen LogP contribution in [0.15, 0.2) is 18.2 Å². The molecule has 0 spiro atoms. The van der Waals surface area contributed by atoms with E-state index in [-0.39, 0.29) is 0 Å². The van der Waals surface area contributed by atoms with Crippen molar-refractivity contribution in [2.24, 2.45) is 5.92 Å². The standard InChI is InChI=1S/C16H25N3/c1-4-6-9-13(5-2)11-19-14-10-7-8-12(3)15(14)18-16(19)17/h7-8,10,13H,4-6,9,11H2,1-3H3,(H2,17,18). The van der Waals surface area contributed by atoms with E-state index < -0.39 is 0 Å². The van der Waals surface area contributed by atoms with Crippen LogP contribution in [0.5, 0.6) is 0 Å². The third-order valence-corrected chi connectivity index (χ3v) is 3.99. The summed E-state index contributed by atoms with van der Waals surface area (Å²) in [6.45, 7) is 7.59. The van der Waals surface area contributed by atoms with Crippen LogP contribution < -0.4 is 5.73 Å². The number of para-hydroxylation sites is 1. The Morgan fingerprint density at radius 3 is 2.79 bits per heavy atom. The van der Waals surface area contributed by atoms with Gasteiger partial charge in [-0.2, -0.15) is 0 Å². The van der Waals surface area contributed by atoms with Crippen LogP contribution in [0.25, 0.3) is 11.0 Å². The number of nitrogens with two attached hydrogens (primary N) is 1. The number of anilines is 1. The molecule has 2 aromatic rings. The van der Waals surface area contributed by atoms with Crippen molar-refractivity contribution >= 4 is 17.0 Å². The second-order valence-electron chi connectivity index (χ2n) is 5.44. The molecule has 0 aliphatic carbocycles. The summed E-state index contributed by atoms with van der Waals surface area (Å²) < 4.78 is 2.19. The number of hydrogen-bond donors (Lipinski definition) is 1. The van der Waals surface area contributed by atoms with Crippen molar-refractivity contribution in [3.05, 3.63) is 23.8 Å². The average Bonchev–Trinajstić information content (AvgIpc) is 2.72. The largest absolute Gasteiger partial charge is 0.369 e. The molecule has 3 nitrogen and oxygen atoms in total. The minimum absolute atomic E-state index is 0.652. The van der Waals surface area contributed by atoms with E-state index in [2.05, 4.69) is 48.5 Å². The zero-order valence-corrected chi connectivity index (χ0v) is 12.3. The first kappa shape index (κ1) is 13.9. The van der Waals surface area contributed by atoms with E-state index in [1.165, 1.54) is 36.8 Å². The van der Waals surface area contributed by atoms with Gasteiger partial charge < -0.3 is 10.3 Å². The number of rotatable bonds is 6. The lowest BCUT2D eigenvalue weighted by molar-refractivity contribution is 0.398. The molecule has 0 fully saturated rings. The van der Waals surface area contributed by atoms with E-state index in [4.69, 9.17) is 5.73 Å². The number of aromatic nitrogens is 2. The van der Waals surface area contributed by atoms with Crippen LogP contribution in [0, 0.1) is 12.8 Å². The first-order chi connectivity index (χ1) is 9.17. The van der Waals surface area contributed by atoms with Crippen molar-refractivity contribution in [1.29, 1.82) is 0 Å². The zero-order valence-electron chi connectivity index (χ0n) is 12.3. The van der Waals surface area contributed by atoms with Crippen molar-refractivity contribution in [3.8, 4) is 0 Å². The molecule has 1 atom stereocenters. The lowest BCUT2D eigenvalue weighted by Crippen LogP contribution is -2.12. The molecule has 1 aromatic heterocycles. The van der Waals surface area contributed by atoms with Crippen LogP contribution in [-0.4, -0.2) is 9.55 Å². The molecule has 19 heavy (non-hydrogen) atoms. The van der Waals surface area contributed by atoms with Crippen molar-refractivity contribution in [3.63, 3.8) is 0 Å². The van der Waals surface area contributed by atoms with Crippen LogP contribution in [-0.2, 0) is 6.54 Å². The molecule has 0 bridgehead atoms. The van der Waals surface area contributed by atoms with Crippen molar-refractivity contribution < 1.29 is 0 Å². The summed E-state index contributed by atoms with van der Waals surface area (Å²) in [5.41, 5.74) is 9.52. The zero-order chi connectivity index (χ0) is 13.8. The van der Waals surface area contributed by atoms with Crippen LogP contribution in [0.1, 0.15) is 45.1 Å². The van der Waals surface area contributed by atoms with Gasteiger partial charge in [0.15, 0.2) is 0 Å². The lowest BCUT2D eigenvalue weighted by atomic mass is 9.99. The Morgan fingerprint density at radius 1 is 1.32 bits per heavy atom. The molecule has 0 saturated carbocycles. The first-order valence-corrected chi connectivity index (χ1v) is 7.38. The summed E-state index contributed by atoms with van der Waals surface area (Å²) in [6.07, 6.45) is 5.03. The van der Waals surface area contributed by atoms with Gasteiger partial charge in [0.05, 0.1) is 11.0 Å². The van der Waals surface area contributed by atoms with Gasteiger partial charge in [0.1, 0.15) is 0 Å². The molecular weight excluding hydrogens is 234 g/mol. The minimum Gasteiger partial charge on any atom is -0.369 e. The number of aryl methyl sites for hydroxylation is 1. The van der Waals surface area contributed by atoms with Crippen LogP contribution in [0.4, 0.5) is 5.95 Å². The molecule has 0 radical (unpaired) electrons. The Kier molecular flexibility index (Phi) is 4.46. The van der Waals surface area contributed by atoms with Crippen LogP contribution >= 0.6 is 0 Å². The van der Waals surface area contributed by atoms with Gasteiger partial charge in [-0.3, -0.25) is 0 Å². The Bertz CT molecular complexity index is 542. The van der Waals surface area contributed by atoms with E-state index >= 15 is 0 Å². The molecule has 1 heterocycles. The van der Waals surface area contributed by atoms with Crippen LogP contribution in [0.3, 0.4) is 0 Å². The third-order valence-electron chi connectivity index (χ3n) is 3.99. The monoisotopic (exact) mass is 259 g/mol. The minimum atomic E-state index is 0.652. The third kappa shape index (κ3) is 2.91. The molecule has 0 saturated heterocycles. The molecule has 0 amide bonds. The molecular formula is C16H25N3. The summed E-state index contributed by atoms with van der Waals surface area (Å²) in [5, 5.41) is 0. The van der Waals surface area contributed by atoms with E-state index in [0.717, 1.165) is 12.1 Å². The van der Waals surface area contributed by atoms with Crippen molar-refractivity contribution in [2.45, 2.75) is 53.0 Å². The number of nitrogens with zero attached hydrogens (tertiary/aromatic N) is 2. The first-order valence-electron chi connectivity index (χ1n) is 7.38. The topological polar surface area (TPSA) is 43.8 Å². The number of hydrogen-bond acceptors (Lipinski definition) is 2. The molecule has 3 heteroatoms. The van der Waals surface area contributed by atoms with E-state index in [1.807, 2.05) is 0 Å². The van der Waals surface area contributed by atoms with Gasteiger partial charge in [0, 0.05) is 6.54 Å². The average molecular weight is 259 g/mol. The van der Waals surface area contributed by atoms with Gasteiger partial charge >= 0.3 is 0 Å². The Labute approximate surface area is 115 Å². The molecule has 0 aliphatic heterocycles. The molecule has 1 unspecified atom stereocenters. The van der Waals surface area contributed by atoms with E-state index in [9.17, 15) is 0 Å². The quantitative estimate of drug-likeness (QED) is 0.847. The van der Waals surface area contributed by atoms with Gasteiger partial charge in [0.2, 0.25) is 5.95 Å². The van der Waals surface area contributed by atoms with Crippen molar-refractivity contribution in [2.75, 3.05) is 5.73 Å². The van der Waals surface area contributed by atoms with E-state index in [0.29, 0.717) is 11.9 Å². The fourth-order valence-electron chi connectivity index (χ4n) is 2.67. The van der Waals surface area contributed by atoms with Gasteiger partial charge in [-0.05, 0) is 30.9 Å². The van der Waals surface area contributed by atoms with Gasteiger partial charge in [0.25, 0.3) is 0 Å². The Hall–Kier alpha value is -1.51. The van der Waals surface area contributed by atoms with Crippen LogP contribution in [0.2, 0.25) is 0 Å². The van der Waals surface area contributed by atoms with Gasteiger partial charge in [-0.25, -0.2) is 4.98 Å². The van der Waals surface area contributed by atoms with Gasteiger partial charge in [-0.1, -0.05) is 45.2 Å². The second kappa shape index (κ2) is 6.09. The molecule has 104 valence electrons. The normalized spacial score (nSPS) is 13.0. The van der Waals surface area contributed by atoms with E-state index in [1.54, 1.807) is 0 Å². The highest BCUT2D eigenvalue weighted by molar-refractivity contribution is 5.81. The summed E-state index contributed by atoms with van der Waals surface area (Å²) >= 11 is 0. The molecule has 2 rings (SSSR count). The maximum atomic E-state index is 6.11. The Balaban J connectivity index is 2.29. The summed E-state index contributed by atoms with van der Waals surface area (Å²) in [7, 11) is 0. The fraction of sp³-hybridized carbons (Fsp3) is 0.562. The Morgan fingerprint density at radius 2 is 2.11 bits per heavy atom. The number of imidazole rings is 1. The maximum Gasteiger partial charge on any atom is 0.201 e. The summed E-state index contributed by atoms with van der Waals surface area (Å²) in [5.74, 6) is 1.35. The highest BCUT2D eigenvalue weighted by atomic mass is 15.2. The molecule has 1 aromatic carbocycles. The lowest BCUT2D eigenvalue weighted by Gasteiger charge is -2.16. The smallest absolute Gasteiger partial charge is 0.201 e. The number of fused-ring (bicyclic) bond motifs is 1. The fourth-order valence-corrected chi connectivity index (χ4v) is 2.67. The summed E-state index contributed by atoms with van der Waals surface area (Å²) in [4.78, 5) is 4.52. The van der Waals surface area contributed by atoms with Gasteiger partial charge in [-0.15, -0.1) is 0 Å². The predicted molar refractivity (Wildman–Crippen MR) is 82.2 cm³/mol. The molecule has 0 aliphatic rings. The summed E-state index contributed by atoms with van der Waals surface area (Å²) in [6, 6.07) is 6.30. The van der Waals surface area contributed by atoms with Crippen molar-refractivity contribution in [1.82, 2.24) is 9.55 Å². The molecule has 2 N–H and O–H groups in total. The second-order valence-corrected chi connectivity index (χ2v) is 5.44. The highest BCUT2D eigenvalue weighted by Crippen LogP contribution is 2.24. The predicted octanol–water partition coefficient (Wildman–Crippen LogP) is 4.14. The number of unbranched alkanes of at least 4 members (excludes halogenated alkanes) is 1. The number of benzene rings is 1. The maximum absolute atomic E-state index is 6.11.